The van der Waals surface area contributed by atoms with Gasteiger partial charge in [0.1, 0.15) is 5.82 Å². The molecule has 11 heteroatoms. The van der Waals surface area contributed by atoms with Crippen LogP contribution in [0.25, 0.3) is 0 Å². The van der Waals surface area contributed by atoms with Crippen LogP contribution in [0.3, 0.4) is 0 Å². The van der Waals surface area contributed by atoms with Gasteiger partial charge in [-0.1, -0.05) is 26.0 Å². The van der Waals surface area contributed by atoms with Crippen LogP contribution in [0.5, 0.6) is 0 Å². The van der Waals surface area contributed by atoms with Crippen molar-refractivity contribution in [1.29, 1.82) is 0 Å². The molecule has 0 bridgehead atoms. The van der Waals surface area contributed by atoms with Gasteiger partial charge in [0.05, 0.1) is 30.0 Å². The summed E-state index contributed by atoms with van der Waals surface area (Å²) in [6, 6.07) is 11.1. The Morgan fingerprint density at radius 2 is 1.88 bits per heavy atom. The minimum atomic E-state index is -1.02. The number of carboxylic acid groups (broad SMARTS) is 1. The third-order valence-corrected chi connectivity index (χ3v) is 8.83. The average molecular weight is 587 g/mol. The molecule has 3 aliphatic rings. The normalized spacial score (nSPS) is 21.2. The average Bonchev–Trinajstić information content (AvgIpc) is 3.43. The molecule has 0 aliphatic carbocycles. The van der Waals surface area contributed by atoms with E-state index in [2.05, 4.69) is 23.8 Å². The fourth-order valence-corrected chi connectivity index (χ4v) is 6.51. The van der Waals surface area contributed by atoms with Crippen LogP contribution in [-0.4, -0.2) is 92.5 Å². The van der Waals surface area contributed by atoms with Gasteiger partial charge < -0.3 is 19.8 Å². The van der Waals surface area contributed by atoms with Crippen LogP contribution in [0.2, 0.25) is 0 Å². The highest BCUT2D eigenvalue weighted by Crippen LogP contribution is 2.40. The zero-order valence-electron chi connectivity index (χ0n) is 24.5. The van der Waals surface area contributed by atoms with Gasteiger partial charge in [-0.3, -0.25) is 24.5 Å². The van der Waals surface area contributed by atoms with E-state index < -0.39 is 6.09 Å². The van der Waals surface area contributed by atoms with E-state index >= 15 is 0 Å². The van der Waals surface area contributed by atoms with Crippen LogP contribution >= 0.6 is 0 Å². The number of rotatable bonds is 6. The third-order valence-electron chi connectivity index (χ3n) is 8.83. The Morgan fingerprint density at radius 3 is 2.60 bits per heavy atom. The lowest BCUT2D eigenvalue weighted by Gasteiger charge is -2.45. The smallest absolute Gasteiger partial charge is 0.407 e. The highest BCUT2D eigenvalue weighted by Gasteiger charge is 2.42. The van der Waals surface area contributed by atoms with Gasteiger partial charge in [0.2, 0.25) is 5.91 Å². The first-order valence-electron chi connectivity index (χ1n) is 14.5. The van der Waals surface area contributed by atoms with Crippen molar-refractivity contribution in [2.75, 3.05) is 37.6 Å². The van der Waals surface area contributed by atoms with E-state index in [-0.39, 0.29) is 54.8 Å². The molecule has 0 saturated carbocycles. The number of fused-ring (bicyclic) bond motifs is 2. The maximum absolute atomic E-state index is 14.0. The molecule has 0 unspecified atom stereocenters. The number of carbonyl (C=O) groups excluding carboxylic acids is 2. The highest BCUT2D eigenvalue weighted by atomic mass is 19.1. The fourth-order valence-electron chi connectivity index (χ4n) is 6.51. The molecule has 1 aromatic carbocycles. The van der Waals surface area contributed by atoms with E-state index in [0.29, 0.717) is 37.3 Å². The monoisotopic (exact) mass is 586 g/mol. The number of halogens is 1. The van der Waals surface area contributed by atoms with Gasteiger partial charge in [-0.2, -0.15) is 0 Å². The van der Waals surface area contributed by atoms with Crippen molar-refractivity contribution in [3.05, 3.63) is 88.8 Å². The van der Waals surface area contributed by atoms with Crippen molar-refractivity contribution in [3.8, 4) is 0 Å². The first-order valence-corrected chi connectivity index (χ1v) is 14.5. The number of pyridine rings is 2. The predicted octanol–water partition coefficient (Wildman–Crippen LogP) is 3.54. The van der Waals surface area contributed by atoms with Gasteiger partial charge in [0.25, 0.3) is 5.91 Å². The van der Waals surface area contributed by atoms with Crippen molar-refractivity contribution in [2.45, 2.75) is 51.2 Å². The van der Waals surface area contributed by atoms with E-state index in [9.17, 15) is 23.9 Å². The molecular weight excluding hydrogens is 551 g/mol. The van der Waals surface area contributed by atoms with E-state index in [0.717, 1.165) is 22.5 Å². The van der Waals surface area contributed by atoms with Gasteiger partial charge in [0, 0.05) is 73.7 Å². The van der Waals surface area contributed by atoms with Crippen molar-refractivity contribution in [2.24, 2.45) is 0 Å². The Morgan fingerprint density at radius 1 is 1.12 bits per heavy atom. The van der Waals surface area contributed by atoms with Crippen LogP contribution < -0.4 is 4.90 Å². The van der Waals surface area contributed by atoms with Crippen molar-refractivity contribution < 1.29 is 23.9 Å². The molecule has 3 amide bonds. The quantitative estimate of drug-likeness (QED) is 0.471. The van der Waals surface area contributed by atoms with E-state index in [4.69, 9.17) is 0 Å². The summed E-state index contributed by atoms with van der Waals surface area (Å²) in [6.45, 7) is 7.77. The number of hydrogen-bond acceptors (Lipinski definition) is 6. The van der Waals surface area contributed by atoms with Crippen molar-refractivity contribution in [3.63, 3.8) is 0 Å². The maximum Gasteiger partial charge on any atom is 0.407 e. The van der Waals surface area contributed by atoms with Gasteiger partial charge in [0.15, 0.2) is 0 Å². The molecule has 2 aromatic heterocycles. The topological polar surface area (TPSA) is 110 Å². The second kappa shape index (κ2) is 11.0. The highest BCUT2D eigenvalue weighted by molar-refractivity contribution is 5.98. The lowest BCUT2D eigenvalue weighted by Crippen LogP contribution is -2.63. The minimum absolute atomic E-state index is 0.0842. The summed E-state index contributed by atoms with van der Waals surface area (Å²) >= 11 is 0. The molecule has 1 fully saturated rings. The zero-order chi connectivity index (χ0) is 30.5. The van der Waals surface area contributed by atoms with Crippen LogP contribution in [0, 0.1) is 5.82 Å². The minimum Gasteiger partial charge on any atom is -0.465 e. The summed E-state index contributed by atoms with van der Waals surface area (Å²) in [5.74, 6) is -0.521. The number of hydrogen-bond donors (Lipinski definition) is 1. The summed E-state index contributed by atoms with van der Waals surface area (Å²) in [5, 5.41) is 9.85. The lowest BCUT2D eigenvalue weighted by molar-refractivity contribution is -0.121. The molecule has 2 atom stereocenters. The number of piperazine rings is 1. The second-order valence-corrected chi connectivity index (χ2v) is 12.4. The molecule has 1 saturated heterocycles. The second-order valence-electron chi connectivity index (χ2n) is 12.4. The van der Waals surface area contributed by atoms with Gasteiger partial charge in [-0.25, -0.2) is 9.18 Å². The van der Waals surface area contributed by atoms with Crippen molar-refractivity contribution >= 4 is 23.6 Å². The Hall–Kier alpha value is -4.38. The number of anilines is 1. The molecule has 5 heterocycles. The Balaban J connectivity index is 1.23. The number of aromatic nitrogens is 2. The van der Waals surface area contributed by atoms with E-state index in [1.165, 1.54) is 17.0 Å². The molecule has 10 nitrogen and oxygen atoms in total. The largest absolute Gasteiger partial charge is 0.465 e. The summed E-state index contributed by atoms with van der Waals surface area (Å²) in [7, 11) is 0. The van der Waals surface area contributed by atoms with Gasteiger partial charge >= 0.3 is 6.09 Å². The number of nitrogens with zero attached hydrogens (tertiary/aromatic N) is 6. The van der Waals surface area contributed by atoms with E-state index in [1.807, 2.05) is 24.1 Å². The van der Waals surface area contributed by atoms with Gasteiger partial charge in [-0.15, -0.1) is 0 Å². The summed E-state index contributed by atoms with van der Waals surface area (Å²) in [6.07, 6.45) is 2.99. The fraction of sp³-hybridized carbons (Fsp3) is 0.406. The Bertz CT molecular complexity index is 1580. The summed E-state index contributed by atoms with van der Waals surface area (Å²) in [5.41, 5.74) is 4.46. The summed E-state index contributed by atoms with van der Waals surface area (Å²) in [4.78, 5) is 55.1. The number of carbonyl (C=O) groups is 3. The first kappa shape index (κ1) is 28.7. The molecule has 0 spiro atoms. The number of benzene rings is 1. The Kier molecular flexibility index (Phi) is 7.37. The van der Waals surface area contributed by atoms with Crippen LogP contribution in [0.15, 0.2) is 54.9 Å². The summed E-state index contributed by atoms with van der Waals surface area (Å²) < 4.78 is 13.4. The van der Waals surface area contributed by atoms with Crippen molar-refractivity contribution in [1.82, 2.24) is 24.7 Å². The molecule has 3 aromatic rings. The molecule has 3 aliphatic heterocycles. The van der Waals surface area contributed by atoms with Crippen LogP contribution in [0.4, 0.5) is 14.9 Å². The molecule has 43 heavy (non-hydrogen) atoms. The van der Waals surface area contributed by atoms with Crippen LogP contribution in [0.1, 0.15) is 53.6 Å². The SMILES string of the molecule is C[C@@H]1CN(CC(=O)N2CC(C)(C)c3cnc(Cc4ccc(F)cc4)cc32)[C@@H](CN2Cc3ncccc3C2=O)CN1C(=O)O. The van der Waals surface area contributed by atoms with Gasteiger partial charge in [-0.05, 0) is 42.8 Å². The molecule has 0 radical (unpaired) electrons. The first-order chi connectivity index (χ1) is 20.5. The molecule has 224 valence electrons. The van der Waals surface area contributed by atoms with Crippen LogP contribution in [-0.2, 0) is 23.2 Å². The molecule has 1 N–H and O–H groups in total. The molecular formula is C32H35FN6O4. The maximum atomic E-state index is 14.0. The Labute approximate surface area is 249 Å². The third kappa shape index (κ3) is 5.56. The lowest BCUT2D eigenvalue weighted by atomic mass is 9.88. The predicted molar refractivity (Wildman–Crippen MR) is 157 cm³/mol. The number of amides is 3. The zero-order valence-corrected chi connectivity index (χ0v) is 24.5. The van der Waals surface area contributed by atoms with E-state index in [1.54, 1.807) is 40.3 Å². The molecule has 6 rings (SSSR count). The standard InChI is InChI=1S/C32H35FN6O4/c1-20-14-36(24(16-38(20)31(42)43)15-37-17-27-25(30(37)41)5-4-10-34-27)18-29(40)39-19-32(2,3)26-13-35-23(12-28(26)39)11-21-6-8-22(33)9-7-21/h4-10,12-13,20,24H,11,14-19H2,1-3H3,(H,42,43)/t20-,24+/m1/s1.